The van der Waals surface area contributed by atoms with Crippen molar-refractivity contribution in [2.45, 2.75) is 0 Å². The summed E-state index contributed by atoms with van der Waals surface area (Å²) < 4.78 is 0. The van der Waals surface area contributed by atoms with Crippen LogP contribution in [0.4, 0.5) is 0 Å². The van der Waals surface area contributed by atoms with E-state index in [2.05, 4.69) is 12.1 Å². The van der Waals surface area contributed by atoms with Crippen molar-refractivity contribution in [2.24, 2.45) is 0 Å². The number of carbonyl (C=O) groups is 4. The van der Waals surface area contributed by atoms with Crippen LogP contribution in [0.2, 0.25) is 0 Å². The smallest absolute Gasteiger partial charge is 0.197 e. The molecule has 0 radical (unpaired) electrons. The van der Waals surface area contributed by atoms with Gasteiger partial charge in [0, 0.05) is 32.0 Å². The highest BCUT2D eigenvalue weighted by atomic mass is 32.1. The van der Waals surface area contributed by atoms with E-state index in [9.17, 15) is 19.2 Å². The second kappa shape index (κ2) is 9.73. The van der Waals surface area contributed by atoms with E-state index < -0.39 is 0 Å². The van der Waals surface area contributed by atoms with Crippen LogP contribution in [0.1, 0.15) is 52.6 Å². The summed E-state index contributed by atoms with van der Waals surface area (Å²) in [7, 11) is 0. The molecule has 1 heterocycles. The normalized spacial score (nSPS) is 14.0. The number of rotatable bonds is 4. The van der Waals surface area contributed by atoms with Crippen molar-refractivity contribution >= 4 is 46.6 Å². The van der Waals surface area contributed by atoms with Crippen molar-refractivity contribution < 1.29 is 19.2 Å². The van der Waals surface area contributed by atoms with Gasteiger partial charge < -0.3 is 0 Å². The lowest BCUT2D eigenvalue weighted by Gasteiger charge is -2.01. The highest BCUT2D eigenvalue weighted by Gasteiger charge is 2.33. The van der Waals surface area contributed by atoms with E-state index in [0.717, 1.165) is 32.0 Å². The van der Waals surface area contributed by atoms with Gasteiger partial charge in [-0.05, 0) is 46.5 Å². The molecule has 0 fully saturated rings. The van der Waals surface area contributed by atoms with Crippen molar-refractivity contribution in [2.75, 3.05) is 0 Å². The van der Waals surface area contributed by atoms with Crippen molar-refractivity contribution in [3.8, 4) is 20.9 Å². The molecule has 0 aliphatic heterocycles. The Morgan fingerprint density at radius 1 is 0.390 bits per heavy atom. The molecule has 194 valence electrons. The third kappa shape index (κ3) is 4.24. The first kappa shape index (κ1) is 24.8. The third-order valence-electron chi connectivity index (χ3n) is 7.43. The molecule has 0 saturated carbocycles. The van der Waals surface area contributed by atoms with Crippen LogP contribution in [0.3, 0.4) is 0 Å². The summed E-state index contributed by atoms with van der Waals surface area (Å²) in [4.78, 5) is 53.0. The van der Waals surface area contributed by atoms with Crippen molar-refractivity contribution in [3.63, 3.8) is 0 Å². The molecule has 4 aromatic carbocycles. The number of hydrogen-bond acceptors (Lipinski definition) is 5. The summed E-state index contributed by atoms with van der Waals surface area (Å²) in [5.74, 6) is -0.921. The maximum atomic E-state index is 12.7. The van der Waals surface area contributed by atoms with Crippen LogP contribution in [0, 0.1) is 0 Å². The Hall–Kier alpha value is -5.26. The second-order valence-corrected chi connectivity index (χ2v) is 11.0. The van der Waals surface area contributed by atoms with Gasteiger partial charge in [-0.25, -0.2) is 0 Å². The summed E-state index contributed by atoms with van der Waals surface area (Å²) in [6.45, 7) is 0. The molecule has 0 atom stereocenters. The molecule has 2 aliphatic carbocycles. The van der Waals surface area contributed by atoms with Crippen molar-refractivity contribution in [1.29, 1.82) is 0 Å². The Balaban J connectivity index is 1.08. The molecule has 0 N–H and O–H groups in total. The number of carbonyl (C=O) groups excluding carboxylic acids is 4. The molecular weight excluding hydrogens is 528 g/mol. The Morgan fingerprint density at radius 3 is 1.02 bits per heavy atom. The zero-order chi connectivity index (χ0) is 28.1. The fourth-order valence-corrected chi connectivity index (χ4v) is 6.29. The lowest BCUT2D eigenvalue weighted by Crippen LogP contribution is -2.00. The number of thiophene rings is 1. The largest absolute Gasteiger partial charge is 0.288 e. The van der Waals surface area contributed by atoms with E-state index in [1.165, 1.54) is 0 Å². The molecule has 0 amide bonds. The molecule has 7 rings (SSSR count). The number of benzene rings is 4. The molecule has 0 spiro atoms. The van der Waals surface area contributed by atoms with Gasteiger partial charge in [0.1, 0.15) is 0 Å². The van der Waals surface area contributed by atoms with Gasteiger partial charge >= 0.3 is 0 Å². The molecule has 1 aromatic heterocycles. The quantitative estimate of drug-likeness (QED) is 0.169. The standard InChI is InChI=1S/C36H20O4S/c37-33-25-5-1-2-6-26(25)34(38)29(33)19-21-9-13-23(14-10-21)31-17-18-32(41-31)24-15-11-22(12-16-24)20-30-35(39)27-7-3-4-8-28(27)36(30)40/h1-20H. The molecule has 0 saturated heterocycles. The van der Waals surface area contributed by atoms with Gasteiger partial charge in [0.05, 0.1) is 11.1 Å². The Morgan fingerprint density at radius 2 is 0.707 bits per heavy atom. The fourth-order valence-electron chi connectivity index (χ4n) is 5.28. The molecule has 0 bridgehead atoms. The van der Waals surface area contributed by atoms with Crippen LogP contribution < -0.4 is 0 Å². The average Bonchev–Trinajstić information content (AvgIpc) is 3.66. The van der Waals surface area contributed by atoms with E-state index in [1.807, 2.05) is 48.5 Å². The van der Waals surface area contributed by atoms with Gasteiger partial charge in [0.2, 0.25) is 0 Å². The van der Waals surface area contributed by atoms with Crippen LogP contribution in [-0.2, 0) is 0 Å². The molecule has 4 nitrogen and oxygen atoms in total. The van der Waals surface area contributed by atoms with E-state index in [-0.39, 0.29) is 34.3 Å². The van der Waals surface area contributed by atoms with Gasteiger partial charge in [-0.2, -0.15) is 0 Å². The van der Waals surface area contributed by atoms with Gasteiger partial charge in [-0.15, -0.1) is 11.3 Å². The Labute approximate surface area is 239 Å². The highest BCUT2D eigenvalue weighted by Crippen LogP contribution is 2.36. The summed E-state index contributed by atoms with van der Waals surface area (Å²) in [6, 6.07) is 33.6. The molecule has 5 heteroatoms. The fraction of sp³-hybridized carbons (Fsp3) is 0. The minimum Gasteiger partial charge on any atom is -0.288 e. The van der Waals surface area contributed by atoms with Crippen LogP contribution in [0.25, 0.3) is 33.0 Å². The summed E-state index contributed by atoms with van der Waals surface area (Å²) in [5, 5.41) is 0. The molecular formula is C36H20O4S. The van der Waals surface area contributed by atoms with Crippen LogP contribution >= 0.6 is 11.3 Å². The van der Waals surface area contributed by atoms with Crippen molar-refractivity contribution in [3.05, 3.63) is 154 Å². The topological polar surface area (TPSA) is 68.3 Å². The lowest BCUT2D eigenvalue weighted by atomic mass is 10.0. The first-order valence-corrected chi connectivity index (χ1v) is 13.9. The minimum atomic E-state index is -0.230. The summed E-state index contributed by atoms with van der Waals surface area (Å²) in [5.41, 5.74) is 5.90. The van der Waals surface area contributed by atoms with Gasteiger partial charge in [-0.3, -0.25) is 19.2 Å². The first-order chi connectivity index (χ1) is 20.0. The second-order valence-electron chi connectivity index (χ2n) is 9.93. The van der Waals surface area contributed by atoms with E-state index >= 15 is 0 Å². The third-order valence-corrected chi connectivity index (χ3v) is 8.61. The molecule has 2 aliphatic rings. The zero-order valence-electron chi connectivity index (χ0n) is 21.6. The van der Waals surface area contributed by atoms with Gasteiger partial charge in [0.15, 0.2) is 23.1 Å². The van der Waals surface area contributed by atoms with E-state index in [0.29, 0.717) is 22.3 Å². The number of Topliss-reactive ketones (excluding diaryl/α,β-unsaturated/α-hetero) is 4. The highest BCUT2D eigenvalue weighted by molar-refractivity contribution is 7.18. The van der Waals surface area contributed by atoms with E-state index in [1.54, 1.807) is 72.0 Å². The monoisotopic (exact) mass is 548 g/mol. The van der Waals surface area contributed by atoms with Crippen LogP contribution in [0.5, 0.6) is 0 Å². The predicted octanol–water partition coefficient (Wildman–Crippen LogP) is 8.01. The maximum absolute atomic E-state index is 12.7. The molecule has 5 aromatic rings. The number of fused-ring (bicyclic) bond motifs is 2. The van der Waals surface area contributed by atoms with Crippen LogP contribution in [-0.4, -0.2) is 23.1 Å². The average molecular weight is 549 g/mol. The van der Waals surface area contributed by atoms with Crippen molar-refractivity contribution in [1.82, 2.24) is 0 Å². The Bertz CT molecular complexity index is 1770. The lowest BCUT2D eigenvalue weighted by molar-refractivity contribution is 0.0975. The first-order valence-electron chi connectivity index (χ1n) is 13.1. The van der Waals surface area contributed by atoms with Gasteiger partial charge in [-0.1, -0.05) is 97.1 Å². The van der Waals surface area contributed by atoms with Crippen LogP contribution in [0.15, 0.2) is 120 Å². The number of allylic oxidation sites excluding steroid dienone is 2. The Kier molecular flexibility index (Phi) is 5.88. The minimum absolute atomic E-state index is 0.197. The maximum Gasteiger partial charge on any atom is 0.197 e. The SMILES string of the molecule is O=C1C(=Cc2ccc(-c3ccc(-c4ccc(C=C5C(=O)c6ccccc6C5=O)cc4)s3)cc2)C(=O)c2ccccc21. The summed E-state index contributed by atoms with van der Waals surface area (Å²) in [6.07, 6.45) is 3.33. The summed E-state index contributed by atoms with van der Waals surface area (Å²) >= 11 is 1.65. The predicted molar refractivity (Wildman–Crippen MR) is 161 cm³/mol. The molecule has 0 unspecified atom stereocenters. The molecule has 41 heavy (non-hydrogen) atoms. The van der Waals surface area contributed by atoms with E-state index in [4.69, 9.17) is 0 Å². The number of hydrogen-bond donors (Lipinski definition) is 0. The zero-order valence-corrected chi connectivity index (χ0v) is 22.4. The number of ketones is 4. The van der Waals surface area contributed by atoms with Gasteiger partial charge in [0.25, 0.3) is 0 Å².